The molecule has 0 bridgehead atoms. The second-order valence-electron chi connectivity index (χ2n) is 10.3. The molecular formula is C31H33FN6O4. The molecule has 2 aliphatic heterocycles. The molecule has 2 saturated heterocycles. The number of aromatic carboxylic acids is 1. The third kappa shape index (κ3) is 6.67. The van der Waals surface area contributed by atoms with Crippen molar-refractivity contribution in [2.24, 2.45) is 4.99 Å². The summed E-state index contributed by atoms with van der Waals surface area (Å²) in [6.45, 7) is 10.7. The van der Waals surface area contributed by atoms with Gasteiger partial charge in [-0.1, -0.05) is 18.7 Å². The molecule has 0 aliphatic carbocycles. The Kier molecular flexibility index (Phi) is 8.95. The number of nitriles is 1. The molecule has 2 aliphatic rings. The van der Waals surface area contributed by atoms with Crippen molar-refractivity contribution >= 4 is 22.8 Å². The number of ether oxygens (including phenoxy) is 2. The highest BCUT2D eigenvalue weighted by atomic mass is 19.1. The van der Waals surface area contributed by atoms with Gasteiger partial charge in [0.15, 0.2) is 0 Å². The molecule has 0 radical (unpaired) electrons. The van der Waals surface area contributed by atoms with Crippen LogP contribution in [0.1, 0.15) is 40.7 Å². The summed E-state index contributed by atoms with van der Waals surface area (Å²) in [7, 11) is 0. The van der Waals surface area contributed by atoms with Crippen LogP contribution in [0, 0.1) is 17.1 Å². The Balaban J connectivity index is 1.22. The third-order valence-electron chi connectivity index (χ3n) is 7.54. The SMILES string of the molecule is C=C/C=C(\N=C(C)N1CCN(Cc2nc3ccc(C(=O)O)cc3n2C[C@@H]2CCO2)CC1)OCc1ccc(C#N)cc1F. The van der Waals surface area contributed by atoms with Gasteiger partial charge in [-0.25, -0.2) is 19.2 Å². The van der Waals surface area contributed by atoms with Crippen LogP contribution >= 0.6 is 0 Å². The van der Waals surface area contributed by atoms with Crippen molar-refractivity contribution in [2.75, 3.05) is 32.8 Å². The summed E-state index contributed by atoms with van der Waals surface area (Å²) in [5, 5.41) is 18.4. The maximum absolute atomic E-state index is 14.3. The molecule has 218 valence electrons. The Morgan fingerprint density at radius 2 is 2.07 bits per heavy atom. The Bertz CT molecular complexity index is 1580. The lowest BCUT2D eigenvalue weighted by atomic mass is 10.1. The van der Waals surface area contributed by atoms with E-state index >= 15 is 0 Å². The van der Waals surface area contributed by atoms with E-state index in [1.165, 1.54) is 12.1 Å². The van der Waals surface area contributed by atoms with E-state index in [1.54, 1.807) is 36.4 Å². The third-order valence-corrected chi connectivity index (χ3v) is 7.54. The fourth-order valence-corrected chi connectivity index (χ4v) is 5.03. The van der Waals surface area contributed by atoms with Gasteiger partial charge < -0.3 is 24.0 Å². The van der Waals surface area contributed by atoms with Gasteiger partial charge in [0.25, 0.3) is 0 Å². The van der Waals surface area contributed by atoms with Crippen molar-refractivity contribution in [2.45, 2.75) is 39.1 Å². The monoisotopic (exact) mass is 572 g/mol. The van der Waals surface area contributed by atoms with Gasteiger partial charge in [0.05, 0.1) is 47.4 Å². The Morgan fingerprint density at radius 1 is 1.29 bits per heavy atom. The molecule has 1 aromatic heterocycles. The first kappa shape index (κ1) is 29.0. The van der Waals surface area contributed by atoms with Crippen molar-refractivity contribution in [1.29, 1.82) is 5.26 Å². The number of carboxylic acid groups (broad SMARTS) is 1. The molecule has 42 heavy (non-hydrogen) atoms. The van der Waals surface area contributed by atoms with E-state index in [0.29, 0.717) is 24.5 Å². The molecule has 0 spiro atoms. The van der Waals surface area contributed by atoms with Crippen LogP contribution < -0.4 is 0 Å². The molecule has 0 amide bonds. The van der Waals surface area contributed by atoms with Gasteiger partial charge in [-0.3, -0.25) is 4.90 Å². The molecule has 0 unspecified atom stereocenters. The highest BCUT2D eigenvalue weighted by Crippen LogP contribution is 2.24. The smallest absolute Gasteiger partial charge is 0.335 e. The number of allylic oxidation sites excluding steroid dienone is 2. The zero-order valence-electron chi connectivity index (χ0n) is 23.5. The second-order valence-corrected chi connectivity index (χ2v) is 10.3. The number of amidine groups is 1. The molecule has 2 aromatic carbocycles. The van der Waals surface area contributed by atoms with E-state index in [-0.39, 0.29) is 23.8 Å². The molecule has 10 nitrogen and oxygen atoms in total. The first-order valence-corrected chi connectivity index (χ1v) is 13.9. The number of carboxylic acids is 1. The highest BCUT2D eigenvalue weighted by Gasteiger charge is 2.25. The lowest BCUT2D eigenvalue weighted by Gasteiger charge is -2.36. The normalized spacial score (nSPS) is 18.0. The van der Waals surface area contributed by atoms with Crippen molar-refractivity contribution in [1.82, 2.24) is 19.4 Å². The first-order chi connectivity index (χ1) is 20.3. The lowest BCUT2D eigenvalue weighted by molar-refractivity contribution is -0.0592. The number of benzene rings is 2. The predicted octanol–water partition coefficient (Wildman–Crippen LogP) is 4.31. The predicted molar refractivity (Wildman–Crippen MR) is 155 cm³/mol. The number of aliphatic imine (C=N–C) groups is 1. The van der Waals surface area contributed by atoms with Crippen LogP contribution in [0.3, 0.4) is 0 Å². The fourth-order valence-electron chi connectivity index (χ4n) is 5.03. The average molecular weight is 573 g/mol. The molecule has 11 heteroatoms. The van der Waals surface area contributed by atoms with Crippen molar-refractivity contribution in [3.05, 3.63) is 89.3 Å². The summed E-state index contributed by atoms with van der Waals surface area (Å²) in [6.07, 6.45) is 4.29. The number of rotatable bonds is 10. The zero-order chi connectivity index (χ0) is 29.6. The molecule has 5 rings (SSSR count). The number of hydrogen-bond donors (Lipinski definition) is 1. The van der Waals surface area contributed by atoms with Gasteiger partial charge in [-0.2, -0.15) is 5.26 Å². The minimum absolute atomic E-state index is 0.0252. The number of nitrogens with zero attached hydrogens (tertiary/aromatic N) is 6. The molecule has 1 N–H and O–H groups in total. The van der Waals surface area contributed by atoms with Gasteiger partial charge in [0.1, 0.15) is 24.1 Å². The number of hydrogen-bond acceptors (Lipinski definition) is 7. The highest BCUT2D eigenvalue weighted by molar-refractivity contribution is 5.92. The number of carbonyl (C=O) groups is 1. The average Bonchev–Trinajstić information content (AvgIpc) is 3.30. The maximum atomic E-state index is 14.3. The van der Waals surface area contributed by atoms with Crippen LogP contribution in [0.25, 0.3) is 11.0 Å². The number of fused-ring (bicyclic) bond motifs is 1. The van der Waals surface area contributed by atoms with Gasteiger partial charge in [0, 0.05) is 38.3 Å². The lowest BCUT2D eigenvalue weighted by Crippen LogP contribution is -2.48. The van der Waals surface area contributed by atoms with Gasteiger partial charge in [-0.15, -0.1) is 0 Å². The van der Waals surface area contributed by atoms with Crippen LogP contribution in [-0.2, 0) is 29.2 Å². The summed E-state index contributed by atoms with van der Waals surface area (Å²) >= 11 is 0. The summed E-state index contributed by atoms with van der Waals surface area (Å²) in [6, 6.07) is 11.2. The molecule has 1 atom stereocenters. The quantitative estimate of drug-likeness (QED) is 0.165. The maximum Gasteiger partial charge on any atom is 0.335 e. The van der Waals surface area contributed by atoms with E-state index in [1.807, 2.05) is 13.0 Å². The summed E-state index contributed by atoms with van der Waals surface area (Å²) in [5.41, 5.74) is 2.41. The van der Waals surface area contributed by atoms with E-state index in [0.717, 1.165) is 61.9 Å². The van der Waals surface area contributed by atoms with Crippen LogP contribution in [0.15, 0.2) is 66.0 Å². The Morgan fingerprint density at radius 3 is 2.71 bits per heavy atom. The number of imidazole rings is 1. The fraction of sp³-hybridized carbons (Fsp3) is 0.355. The summed E-state index contributed by atoms with van der Waals surface area (Å²) in [4.78, 5) is 25.6. The second kappa shape index (κ2) is 13.0. The number of halogens is 1. The zero-order valence-corrected chi connectivity index (χ0v) is 23.5. The van der Waals surface area contributed by atoms with Gasteiger partial charge in [-0.05, 0) is 49.8 Å². The minimum atomic E-state index is -0.961. The molecule has 2 fully saturated rings. The molecular weight excluding hydrogens is 539 g/mol. The number of piperazine rings is 1. The summed E-state index contributed by atoms with van der Waals surface area (Å²) < 4.78 is 27.8. The van der Waals surface area contributed by atoms with Crippen LogP contribution in [-0.4, -0.2) is 75.2 Å². The first-order valence-electron chi connectivity index (χ1n) is 13.9. The van der Waals surface area contributed by atoms with Gasteiger partial charge >= 0.3 is 5.97 Å². The van der Waals surface area contributed by atoms with Crippen molar-refractivity contribution in [3.63, 3.8) is 0 Å². The van der Waals surface area contributed by atoms with E-state index < -0.39 is 11.8 Å². The van der Waals surface area contributed by atoms with Crippen LogP contribution in [0.2, 0.25) is 0 Å². The van der Waals surface area contributed by atoms with Crippen molar-refractivity contribution in [3.8, 4) is 6.07 Å². The topological polar surface area (TPSA) is 116 Å². The minimum Gasteiger partial charge on any atom is -0.478 e. The van der Waals surface area contributed by atoms with Crippen molar-refractivity contribution < 1.29 is 23.8 Å². The Labute approximate surface area is 243 Å². The molecule has 3 heterocycles. The van der Waals surface area contributed by atoms with Crippen LogP contribution in [0.5, 0.6) is 0 Å². The van der Waals surface area contributed by atoms with E-state index in [9.17, 15) is 14.3 Å². The molecule has 0 saturated carbocycles. The van der Waals surface area contributed by atoms with Crippen LogP contribution in [0.4, 0.5) is 4.39 Å². The van der Waals surface area contributed by atoms with Gasteiger partial charge in [0.2, 0.25) is 5.88 Å². The standard InChI is InChI=1S/C31H33FN6O4/c1-3-4-30(42-20-24-6-5-22(17-33)15-26(24)32)34-21(2)37-12-10-36(11-13-37)19-29-35-27-8-7-23(31(39)40)16-28(27)38(29)18-25-9-14-41-25/h3-8,15-16,25H,1,9-14,18-20H2,2H3,(H,39,40)/b30-4+,34-21?/t25-/m0/s1. The molecule has 3 aromatic rings. The largest absolute Gasteiger partial charge is 0.478 e. The summed E-state index contributed by atoms with van der Waals surface area (Å²) in [5.74, 6) is 0.526. The van der Waals surface area contributed by atoms with E-state index in [4.69, 9.17) is 19.7 Å². The number of aromatic nitrogens is 2. The van der Waals surface area contributed by atoms with E-state index in [2.05, 4.69) is 25.9 Å². The Hall–Kier alpha value is -4.53.